The van der Waals surface area contributed by atoms with Crippen molar-refractivity contribution < 1.29 is 24.6 Å². The Bertz CT molecular complexity index is 207. The lowest BCUT2D eigenvalue weighted by Gasteiger charge is -2.10. The molecule has 7 nitrogen and oxygen atoms in total. The van der Waals surface area contributed by atoms with Gasteiger partial charge in [0.1, 0.15) is 0 Å². The summed E-state index contributed by atoms with van der Waals surface area (Å²) in [5, 5.41) is 18.0. The second kappa shape index (κ2) is 7.98. The van der Waals surface area contributed by atoms with E-state index < -0.39 is 17.3 Å². The summed E-state index contributed by atoms with van der Waals surface area (Å²) < 4.78 is 4.59. The maximum Gasteiger partial charge on any atom is 0.308 e. The van der Waals surface area contributed by atoms with Crippen LogP contribution in [0.2, 0.25) is 0 Å². The van der Waals surface area contributed by atoms with Crippen molar-refractivity contribution in [1.29, 1.82) is 0 Å². The molecule has 0 fully saturated rings. The van der Waals surface area contributed by atoms with Crippen molar-refractivity contribution >= 4 is 5.97 Å². The molecule has 1 N–H and O–H groups in total. The van der Waals surface area contributed by atoms with Gasteiger partial charge >= 0.3 is 5.97 Å². The van der Waals surface area contributed by atoms with Gasteiger partial charge in [-0.2, -0.15) is 0 Å². The maximum atomic E-state index is 10.9. The number of carbonyl (C=O) groups is 1. The molecule has 88 valence electrons. The highest BCUT2D eigenvalue weighted by molar-refractivity contribution is 5.69. The third-order valence-corrected chi connectivity index (χ3v) is 1.51. The molecule has 0 bridgehead atoms. The van der Waals surface area contributed by atoms with Gasteiger partial charge in [0.25, 0.3) is 5.09 Å². The SMILES string of the molecule is CCCC(=O)OC(O)CCCO[N+](=O)[O-]. The van der Waals surface area contributed by atoms with Crippen molar-refractivity contribution in [1.82, 2.24) is 0 Å². The number of aliphatic hydroxyl groups is 1. The molecule has 7 heteroatoms. The average molecular weight is 221 g/mol. The van der Waals surface area contributed by atoms with E-state index in [1.807, 2.05) is 6.92 Å². The van der Waals surface area contributed by atoms with E-state index in [1.54, 1.807) is 0 Å². The molecular weight excluding hydrogens is 206 g/mol. The van der Waals surface area contributed by atoms with Gasteiger partial charge in [-0.1, -0.05) is 6.92 Å². The van der Waals surface area contributed by atoms with Crippen LogP contribution in [0.15, 0.2) is 0 Å². The Morgan fingerprint density at radius 2 is 2.27 bits per heavy atom. The van der Waals surface area contributed by atoms with Gasteiger partial charge in [-0.15, -0.1) is 10.1 Å². The summed E-state index contributed by atoms with van der Waals surface area (Å²) in [6.45, 7) is 1.70. The zero-order chi connectivity index (χ0) is 11.7. The zero-order valence-corrected chi connectivity index (χ0v) is 8.55. The van der Waals surface area contributed by atoms with Crippen molar-refractivity contribution in [3.05, 3.63) is 10.1 Å². The van der Waals surface area contributed by atoms with Crippen LogP contribution in [0.5, 0.6) is 0 Å². The van der Waals surface area contributed by atoms with Crippen molar-refractivity contribution in [3.8, 4) is 0 Å². The molecule has 0 aromatic heterocycles. The first-order chi connectivity index (χ1) is 7.06. The molecule has 0 aliphatic carbocycles. The quantitative estimate of drug-likeness (QED) is 0.212. The summed E-state index contributed by atoms with van der Waals surface area (Å²) >= 11 is 0. The molecule has 0 saturated carbocycles. The Hall–Kier alpha value is -1.37. The Labute approximate surface area is 87.1 Å². The summed E-state index contributed by atoms with van der Waals surface area (Å²) in [6.07, 6.45) is 0.0722. The summed E-state index contributed by atoms with van der Waals surface area (Å²) in [5.74, 6) is -0.472. The first kappa shape index (κ1) is 13.6. The maximum absolute atomic E-state index is 10.9. The predicted octanol–water partition coefficient (Wildman–Crippen LogP) is 0.637. The van der Waals surface area contributed by atoms with Gasteiger partial charge in [0.15, 0.2) is 0 Å². The van der Waals surface area contributed by atoms with Crippen molar-refractivity contribution in [2.45, 2.75) is 38.9 Å². The number of hydrogen-bond donors (Lipinski definition) is 1. The number of ether oxygens (including phenoxy) is 1. The Morgan fingerprint density at radius 1 is 1.60 bits per heavy atom. The topological polar surface area (TPSA) is 98.9 Å². The van der Waals surface area contributed by atoms with Gasteiger partial charge in [0.2, 0.25) is 6.29 Å². The first-order valence-corrected chi connectivity index (χ1v) is 4.71. The number of nitrogens with zero attached hydrogens (tertiary/aromatic N) is 1. The van der Waals surface area contributed by atoms with E-state index in [0.29, 0.717) is 6.42 Å². The highest BCUT2D eigenvalue weighted by atomic mass is 16.9. The predicted molar refractivity (Wildman–Crippen MR) is 49.2 cm³/mol. The van der Waals surface area contributed by atoms with Crippen LogP contribution in [0.3, 0.4) is 0 Å². The first-order valence-electron chi connectivity index (χ1n) is 4.71. The average Bonchev–Trinajstić information content (AvgIpc) is 2.12. The van der Waals surface area contributed by atoms with E-state index in [1.165, 1.54) is 0 Å². The van der Waals surface area contributed by atoms with E-state index in [2.05, 4.69) is 9.57 Å². The molecule has 1 unspecified atom stereocenters. The van der Waals surface area contributed by atoms with E-state index in [-0.39, 0.29) is 25.9 Å². The van der Waals surface area contributed by atoms with E-state index in [9.17, 15) is 14.9 Å². The molecular formula is C8H15NO6. The fourth-order valence-electron chi connectivity index (χ4n) is 0.871. The minimum atomic E-state index is -1.21. The molecule has 0 rings (SSSR count). The number of hydrogen-bond acceptors (Lipinski definition) is 6. The summed E-state index contributed by atoms with van der Waals surface area (Å²) in [4.78, 5) is 24.6. The molecule has 0 aliphatic heterocycles. The molecule has 1 atom stereocenters. The second-order valence-electron chi connectivity index (χ2n) is 2.89. The monoisotopic (exact) mass is 221 g/mol. The van der Waals surface area contributed by atoms with Crippen LogP contribution in [0, 0.1) is 10.1 Å². The van der Waals surface area contributed by atoms with Crippen LogP contribution in [-0.4, -0.2) is 29.1 Å². The molecule has 0 amide bonds. The normalized spacial score (nSPS) is 11.9. The van der Waals surface area contributed by atoms with Gasteiger partial charge in [-0.05, 0) is 12.8 Å². The lowest BCUT2D eigenvalue weighted by molar-refractivity contribution is -0.757. The smallest absolute Gasteiger partial charge is 0.308 e. The van der Waals surface area contributed by atoms with Crippen LogP contribution < -0.4 is 0 Å². The van der Waals surface area contributed by atoms with E-state index in [4.69, 9.17) is 5.11 Å². The minimum Gasteiger partial charge on any atom is -0.436 e. The molecule has 0 radical (unpaired) electrons. The lowest BCUT2D eigenvalue weighted by Crippen LogP contribution is -2.18. The third kappa shape index (κ3) is 8.95. The fraction of sp³-hybridized carbons (Fsp3) is 0.875. The summed E-state index contributed by atoms with van der Waals surface area (Å²) in [5.41, 5.74) is 0. The molecule has 0 aromatic rings. The molecule has 0 spiro atoms. The van der Waals surface area contributed by atoms with Crippen molar-refractivity contribution in [2.75, 3.05) is 6.61 Å². The van der Waals surface area contributed by atoms with Gasteiger partial charge < -0.3 is 14.7 Å². The van der Waals surface area contributed by atoms with E-state index in [0.717, 1.165) is 0 Å². The van der Waals surface area contributed by atoms with Gasteiger partial charge in [0.05, 0.1) is 6.61 Å². The van der Waals surface area contributed by atoms with Crippen LogP contribution >= 0.6 is 0 Å². The molecule has 0 heterocycles. The molecule has 0 saturated heterocycles. The molecule has 15 heavy (non-hydrogen) atoms. The minimum absolute atomic E-state index is 0.116. The summed E-state index contributed by atoms with van der Waals surface area (Å²) in [6, 6.07) is 0. The van der Waals surface area contributed by atoms with Gasteiger partial charge in [0, 0.05) is 12.8 Å². The van der Waals surface area contributed by atoms with Crippen LogP contribution in [0.4, 0.5) is 0 Å². The van der Waals surface area contributed by atoms with Crippen LogP contribution in [0.25, 0.3) is 0 Å². The Kier molecular flexibility index (Phi) is 7.25. The fourth-order valence-corrected chi connectivity index (χ4v) is 0.871. The largest absolute Gasteiger partial charge is 0.436 e. The second-order valence-corrected chi connectivity index (χ2v) is 2.89. The van der Waals surface area contributed by atoms with Crippen LogP contribution in [-0.2, 0) is 14.4 Å². The zero-order valence-electron chi connectivity index (χ0n) is 8.55. The standard InChI is InChI=1S/C8H15NO6/c1-2-4-7(10)15-8(11)5-3-6-14-9(12)13/h8,11H,2-6H2,1H3. The number of rotatable bonds is 8. The van der Waals surface area contributed by atoms with E-state index >= 15 is 0 Å². The lowest BCUT2D eigenvalue weighted by atomic mass is 10.3. The number of aliphatic hydroxyl groups excluding tert-OH is 1. The third-order valence-electron chi connectivity index (χ3n) is 1.51. The molecule has 0 aromatic carbocycles. The Morgan fingerprint density at radius 3 is 2.80 bits per heavy atom. The Balaban J connectivity index is 3.44. The summed E-state index contributed by atoms with van der Waals surface area (Å²) in [7, 11) is 0. The van der Waals surface area contributed by atoms with Crippen molar-refractivity contribution in [3.63, 3.8) is 0 Å². The number of esters is 1. The van der Waals surface area contributed by atoms with Crippen LogP contribution in [0.1, 0.15) is 32.6 Å². The van der Waals surface area contributed by atoms with Gasteiger partial charge in [-0.25, -0.2) is 0 Å². The van der Waals surface area contributed by atoms with Crippen molar-refractivity contribution in [2.24, 2.45) is 0 Å². The van der Waals surface area contributed by atoms with Gasteiger partial charge in [-0.3, -0.25) is 4.79 Å². The number of carbonyl (C=O) groups excluding carboxylic acids is 1. The molecule has 0 aliphatic rings. The highest BCUT2D eigenvalue weighted by Crippen LogP contribution is 2.02. The highest BCUT2D eigenvalue weighted by Gasteiger charge is 2.09.